The van der Waals surface area contributed by atoms with Gasteiger partial charge in [-0.25, -0.2) is 0 Å². The van der Waals surface area contributed by atoms with Crippen LogP contribution in [0.3, 0.4) is 0 Å². The van der Waals surface area contributed by atoms with Crippen LogP contribution in [0.4, 0.5) is 5.95 Å². The minimum atomic E-state index is -0.412. The number of esters is 1. The standard InChI is InChI=1S/C9H13N3O4/c1-14-6-4-7(15-2)12-9(11-6)10-5-8(13)16-3/h4H,5H2,1-3H3,(H,10,11,12). The van der Waals surface area contributed by atoms with Crippen molar-refractivity contribution >= 4 is 11.9 Å². The van der Waals surface area contributed by atoms with E-state index in [0.717, 1.165) is 0 Å². The number of aromatic nitrogens is 2. The first-order valence-corrected chi connectivity index (χ1v) is 4.47. The first kappa shape index (κ1) is 12.0. The molecule has 1 aromatic rings. The lowest BCUT2D eigenvalue weighted by atomic mass is 10.6. The molecule has 7 nitrogen and oxygen atoms in total. The fraction of sp³-hybridized carbons (Fsp3) is 0.444. The maximum absolute atomic E-state index is 10.9. The summed E-state index contributed by atoms with van der Waals surface area (Å²) < 4.78 is 14.4. The number of hydrogen-bond acceptors (Lipinski definition) is 7. The minimum Gasteiger partial charge on any atom is -0.481 e. The number of carbonyl (C=O) groups excluding carboxylic acids is 1. The zero-order valence-electron chi connectivity index (χ0n) is 9.31. The van der Waals surface area contributed by atoms with Gasteiger partial charge in [0.15, 0.2) is 0 Å². The molecule has 0 spiro atoms. The Morgan fingerprint density at radius 2 is 1.81 bits per heavy atom. The van der Waals surface area contributed by atoms with Crippen LogP contribution in [0.15, 0.2) is 6.07 Å². The second-order valence-electron chi connectivity index (χ2n) is 2.71. The molecule has 7 heteroatoms. The number of carbonyl (C=O) groups is 1. The van der Waals surface area contributed by atoms with Crippen molar-refractivity contribution in [3.8, 4) is 11.8 Å². The number of nitrogens with zero attached hydrogens (tertiary/aromatic N) is 2. The molecule has 1 heterocycles. The summed E-state index contributed by atoms with van der Waals surface area (Å²) in [6.07, 6.45) is 0. The molecule has 1 rings (SSSR count). The van der Waals surface area contributed by atoms with E-state index in [2.05, 4.69) is 20.0 Å². The predicted octanol–water partition coefficient (Wildman–Crippen LogP) is 0.0787. The van der Waals surface area contributed by atoms with Gasteiger partial charge in [0.25, 0.3) is 0 Å². The average Bonchev–Trinajstić information content (AvgIpc) is 2.35. The van der Waals surface area contributed by atoms with Gasteiger partial charge in [-0.15, -0.1) is 0 Å². The summed E-state index contributed by atoms with van der Waals surface area (Å²) >= 11 is 0. The van der Waals surface area contributed by atoms with Gasteiger partial charge in [-0.2, -0.15) is 9.97 Å². The van der Waals surface area contributed by atoms with Crippen LogP contribution >= 0.6 is 0 Å². The molecule has 0 fully saturated rings. The Morgan fingerprint density at radius 3 is 2.25 bits per heavy atom. The Bertz CT molecular complexity index is 348. The van der Waals surface area contributed by atoms with E-state index in [1.807, 2.05) is 0 Å². The van der Waals surface area contributed by atoms with E-state index >= 15 is 0 Å². The number of ether oxygens (including phenoxy) is 3. The van der Waals surface area contributed by atoms with Crippen molar-refractivity contribution in [2.24, 2.45) is 0 Å². The normalized spacial score (nSPS) is 9.44. The monoisotopic (exact) mass is 227 g/mol. The third-order valence-corrected chi connectivity index (χ3v) is 1.72. The van der Waals surface area contributed by atoms with Gasteiger partial charge in [-0.05, 0) is 0 Å². The second kappa shape index (κ2) is 5.74. The van der Waals surface area contributed by atoms with Crippen LogP contribution in [0.2, 0.25) is 0 Å². The van der Waals surface area contributed by atoms with Gasteiger partial charge in [0.2, 0.25) is 17.7 Å². The SMILES string of the molecule is COC(=O)CNc1nc(OC)cc(OC)n1. The fourth-order valence-corrected chi connectivity index (χ4v) is 0.916. The van der Waals surface area contributed by atoms with E-state index in [4.69, 9.17) is 9.47 Å². The average molecular weight is 227 g/mol. The Morgan fingerprint density at radius 1 is 1.25 bits per heavy atom. The first-order valence-electron chi connectivity index (χ1n) is 4.47. The van der Waals surface area contributed by atoms with E-state index < -0.39 is 5.97 Å². The van der Waals surface area contributed by atoms with Crippen LogP contribution in [0.5, 0.6) is 11.8 Å². The topological polar surface area (TPSA) is 82.6 Å². The summed E-state index contributed by atoms with van der Waals surface area (Å²) in [6, 6.07) is 1.53. The molecule has 0 aliphatic carbocycles. The summed E-state index contributed by atoms with van der Waals surface area (Å²) in [4.78, 5) is 18.8. The molecule has 16 heavy (non-hydrogen) atoms. The van der Waals surface area contributed by atoms with Crippen LogP contribution in [0.25, 0.3) is 0 Å². The van der Waals surface area contributed by atoms with Crippen molar-refractivity contribution in [2.75, 3.05) is 33.2 Å². The van der Waals surface area contributed by atoms with E-state index in [9.17, 15) is 4.79 Å². The maximum atomic E-state index is 10.9. The van der Waals surface area contributed by atoms with E-state index in [1.165, 1.54) is 27.4 Å². The molecule has 0 saturated heterocycles. The molecule has 88 valence electrons. The lowest BCUT2D eigenvalue weighted by Gasteiger charge is -2.07. The quantitative estimate of drug-likeness (QED) is 0.713. The Balaban J connectivity index is 2.74. The molecular formula is C9H13N3O4. The molecule has 0 amide bonds. The van der Waals surface area contributed by atoms with Crippen molar-refractivity contribution in [1.29, 1.82) is 0 Å². The molecule has 0 saturated carbocycles. The fourth-order valence-electron chi connectivity index (χ4n) is 0.916. The summed E-state index contributed by atoms with van der Waals surface area (Å²) in [5.41, 5.74) is 0. The third-order valence-electron chi connectivity index (χ3n) is 1.72. The maximum Gasteiger partial charge on any atom is 0.325 e. The van der Waals surface area contributed by atoms with Crippen LogP contribution < -0.4 is 14.8 Å². The zero-order valence-corrected chi connectivity index (χ0v) is 9.31. The minimum absolute atomic E-state index is 0.0210. The molecule has 0 bridgehead atoms. The van der Waals surface area contributed by atoms with Gasteiger partial charge in [-0.1, -0.05) is 0 Å². The van der Waals surface area contributed by atoms with Crippen LogP contribution in [0.1, 0.15) is 0 Å². The largest absolute Gasteiger partial charge is 0.481 e. The highest BCUT2D eigenvalue weighted by atomic mass is 16.5. The van der Waals surface area contributed by atoms with Gasteiger partial charge in [0.05, 0.1) is 27.4 Å². The van der Waals surface area contributed by atoms with Crippen LogP contribution in [-0.4, -0.2) is 43.8 Å². The smallest absolute Gasteiger partial charge is 0.325 e. The van der Waals surface area contributed by atoms with Gasteiger partial charge < -0.3 is 19.5 Å². The Kier molecular flexibility index (Phi) is 4.31. The summed E-state index contributed by atoms with van der Waals surface area (Å²) in [6.45, 7) is -0.0210. The highest BCUT2D eigenvalue weighted by molar-refractivity contribution is 5.74. The van der Waals surface area contributed by atoms with Gasteiger partial charge >= 0.3 is 5.97 Å². The van der Waals surface area contributed by atoms with Gasteiger partial charge in [0, 0.05) is 0 Å². The molecule has 1 aromatic heterocycles. The molecule has 0 unspecified atom stereocenters. The number of nitrogens with one attached hydrogen (secondary N) is 1. The highest BCUT2D eigenvalue weighted by Crippen LogP contribution is 2.16. The number of hydrogen-bond donors (Lipinski definition) is 1. The van der Waals surface area contributed by atoms with Crippen molar-refractivity contribution in [3.05, 3.63) is 6.07 Å². The second-order valence-corrected chi connectivity index (χ2v) is 2.71. The first-order chi connectivity index (χ1) is 7.69. The van der Waals surface area contributed by atoms with Crippen molar-refractivity contribution in [2.45, 2.75) is 0 Å². The van der Waals surface area contributed by atoms with Crippen molar-refractivity contribution in [3.63, 3.8) is 0 Å². The third kappa shape index (κ3) is 3.26. The lowest BCUT2D eigenvalue weighted by Crippen LogP contribution is -2.16. The molecule has 1 N–H and O–H groups in total. The summed E-state index contributed by atoms with van der Waals surface area (Å²) in [5.74, 6) is 0.519. The molecule has 0 radical (unpaired) electrons. The van der Waals surface area contributed by atoms with Crippen LogP contribution in [0, 0.1) is 0 Å². The molecule has 0 aliphatic rings. The molecule has 0 aromatic carbocycles. The van der Waals surface area contributed by atoms with E-state index in [0.29, 0.717) is 11.8 Å². The number of anilines is 1. The van der Waals surface area contributed by atoms with Crippen molar-refractivity contribution < 1.29 is 19.0 Å². The Hall–Kier alpha value is -2.05. The van der Waals surface area contributed by atoms with Crippen molar-refractivity contribution in [1.82, 2.24) is 9.97 Å². The molecule has 0 atom stereocenters. The lowest BCUT2D eigenvalue weighted by molar-refractivity contribution is -0.138. The Labute approximate surface area is 92.7 Å². The number of methoxy groups -OCH3 is 3. The van der Waals surface area contributed by atoms with E-state index in [-0.39, 0.29) is 12.5 Å². The van der Waals surface area contributed by atoms with E-state index in [1.54, 1.807) is 0 Å². The van der Waals surface area contributed by atoms with Crippen LogP contribution in [-0.2, 0) is 9.53 Å². The molecule has 0 aliphatic heterocycles. The zero-order chi connectivity index (χ0) is 12.0. The molecular weight excluding hydrogens is 214 g/mol. The highest BCUT2D eigenvalue weighted by Gasteiger charge is 2.06. The number of rotatable bonds is 5. The summed E-state index contributed by atoms with van der Waals surface area (Å²) in [7, 11) is 4.26. The van der Waals surface area contributed by atoms with Gasteiger partial charge in [-0.3, -0.25) is 4.79 Å². The predicted molar refractivity (Wildman–Crippen MR) is 55.6 cm³/mol. The van der Waals surface area contributed by atoms with Gasteiger partial charge in [0.1, 0.15) is 6.54 Å². The summed E-state index contributed by atoms with van der Waals surface area (Å²) in [5, 5.41) is 2.69.